The van der Waals surface area contributed by atoms with Crippen LogP contribution in [0.4, 0.5) is 0 Å². The lowest BCUT2D eigenvalue weighted by Gasteiger charge is -2.61. The smallest absolute Gasteiger partial charge is 0.303 e. The number of hydrogen-bond donors (Lipinski definition) is 1. The molecule has 4 fully saturated rings. The van der Waals surface area contributed by atoms with Crippen molar-refractivity contribution in [1.82, 2.24) is 20.2 Å². The van der Waals surface area contributed by atoms with Crippen LogP contribution in [0.3, 0.4) is 0 Å². The minimum atomic E-state index is -0.662. The highest BCUT2D eigenvalue weighted by Crippen LogP contribution is 2.64. The van der Waals surface area contributed by atoms with Gasteiger partial charge in [0.05, 0.1) is 12.0 Å². The maximum absolute atomic E-state index is 11.3. The van der Waals surface area contributed by atoms with Gasteiger partial charge in [-0.15, -0.1) is 10.2 Å². The molecule has 6 nitrogen and oxygen atoms in total. The molecule has 5 rings (SSSR count). The number of hydrogen-bond acceptors (Lipinski definition) is 4. The molecule has 2 atom stereocenters. The molecular weight excluding hydrogens is 256 g/mol. The average Bonchev–Trinajstić information content (AvgIpc) is 2.72. The molecule has 0 amide bonds. The Morgan fingerprint density at radius 2 is 2.05 bits per heavy atom. The summed E-state index contributed by atoms with van der Waals surface area (Å²) in [7, 11) is 0. The summed E-state index contributed by atoms with van der Waals surface area (Å²) in [6, 6.07) is 0. The number of carboxylic acids is 1. The quantitative estimate of drug-likeness (QED) is 0.909. The fourth-order valence-electron chi connectivity index (χ4n) is 5.65. The van der Waals surface area contributed by atoms with E-state index in [1.165, 1.54) is 6.42 Å². The molecule has 0 saturated heterocycles. The summed E-state index contributed by atoms with van der Waals surface area (Å²) >= 11 is 0. The minimum absolute atomic E-state index is 0.0303. The van der Waals surface area contributed by atoms with Gasteiger partial charge in [-0.3, -0.25) is 4.79 Å². The molecule has 0 radical (unpaired) electrons. The third-order valence-electron chi connectivity index (χ3n) is 5.62. The number of tetrazole rings is 1. The lowest BCUT2D eigenvalue weighted by atomic mass is 9.46. The van der Waals surface area contributed by atoms with Crippen LogP contribution in [-0.4, -0.2) is 31.3 Å². The van der Waals surface area contributed by atoms with Crippen molar-refractivity contribution in [2.45, 2.75) is 57.4 Å². The predicted molar refractivity (Wildman–Crippen MR) is 69.9 cm³/mol. The first-order chi connectivity index (χ1) is 9.49. The van der Waals surface area contributed by atoms with Crippen LogP contribution >= 0.6 is 0 Å². The Labute approximate surface area is 117 Å². The Bertz CT molecular complexity index is 553. The highest BCUT2D eigenvalue weighted by atomic mass is 16.4. The van der Waals surface area contributed by atoms with Crippen molar-refractivity contribution in [2.24, 2.45) is 17.3 Å². The molecule has 0 aromatic carbocycles. The van der Waals surface area contributed by atoms with Crippen molar-refractivity contribution < 1.29 is 9.90 Å². The van der Waals surface area contributed by atoms with E-state index < -0.39 is 5.97 Å². The van der Waals surface area contributed by atoms with Gasteiger partial charge in [0.15, 0.2) is 5.82 Å². The molecule has 1 N–H and O–H groups in total. The molecule has 1 aromatic rings. The highest BCUT2D eigenvalue weighted by Gasteiger charge is 2.60. The van der Waals surface area contributed by atoms with E-state index in [0.29, 0.717) is 24.1 Å². The molecule has 20 heavy (non-hydrogen) atoms. The molecule has 4 aliphatic rings. The lowest BCUT2D eigenvalue weighted by molar-refractivity contribution is -0.152. The van der Waals surface area contributed by atoms with Gasteiger partial charge in [0.1, 0.15) is 0 Å². The van der Waals surface area contributed by atoms with Crippen LogP contribution in [-0.2, 0) is 10.3 Å². The van der Waals surface area contributed by atoms with Crippen LogP contribution in [0, 0.1) is 24.2 Å². The molecule has 0 spiro atoms. The average molecular weight is 276 g/mol. The van der Waals surface area contributed by atoms with Crippen molar-refractivity contribution in [2.75, 3.05) is 0 Å². The van der Waals surface area contributed by atoms with Gasteiger partial charge < -0.3 is 5.11 Å². The zero-order chi connectivity index (χ0) is 14.0. The number of nitrogens with zero attached hydrogens (tertiary/aromatic N) is 4. The maximum atomic E-state index is 11.3. The minimum Gasteiger partial charge on any atom is -0.481 e. The number of carbonyl (C=O) groups is 1. The number of rotatable bonds is 3. The molecule has 4 aliphatic carbocycles. The van der Waals surface area contributed by atoms with Crippen LogP contribution in [0.15, 0.2) is 0 Å². The molecule has 2 unspecified atom stereocenters. The molecular formula is C14H20N4O2. The van der Waals surface area contributed by atoms with Crippen LogP contribution in [0.1, 0.15) is 50.8 Å². The molecule has 1 heterocycles. The second kappa shape index (κ2) is 3.80. The van der Waals surface area contributed by atoms with Gasteiger partial charge in [-0.05, 0) is 67.9 Å². The van der Waals surface area contributed by atoms with E-state index in [1.807, 2.05) is 11.7 Å². The standard InChI is InChI=1S/C14H20N4O2/c1-9-15-17-18(16-9)14-5-10-2-11(6-14)4-13(3-10,8-14)7-12(19)20/h10-11H,2-8H2,1H3,(H,19,20). The van der Waals surface area contributed by atoms with E-state index in [4.69, 9.17) is 0 Å². The summed E-state index contributed by atoms with van der Waals surface area (Å²) in [6.45, 7) is 1.86. The van der Waals surface area contributed by atoms with Crippen molar-refractivity contribution in [3.05, 3.63) is 5.82 Å². The molecule has 1 aromatic heterocycles. The van der Waals surface area contributed by atoms with Gasteiger partial charge in [0.25, 0.3) is 0 Å². The summed E-state index contributed by atoms with van der Waals surface area (Å²) in [5.74, 6) is 1.32. The van der Waals surface area contributed by atoms with E-state index in [-0.39, 0.29) is 11.0 Å². The summed E-state index contributed by atoms with van der Waals surface area (Å²) in [5.41, 5.74) is -0.0990. The molecule has 0 aliphatic heterocycles. The Morgan fingerprint density at radius 3 is 2.60 bits per heavy atom. The van der Waals surface area contributed by atoms with Gasteiger partial charge in [0, 0.05) is 0 Å². The van der Waals surface area contributed by atoms with Crippen molar-refractivity contribution >= 4 is 5.97 Å². The molecule has 4 saturated carbocycles. The highest BCUT2D eigenvalue weighted by molar-refractivity contribution is 5.67. The maximum Gasteiger partial charge on any atom is 0.303 e. The number of aryl methyl sites for hydroxylation is 1. The summed E-state index contributed by atoms with van der Waals surface area (Å²) in [4.78, 5) is 13.1. The van der Waals surface area contributed by atoms with Crippen molar-refractivity contribution in [1.29, 1.82) is 0 Å². The topological polar surface area (TPSA) is 80.9 Å². The Kier molecular flexibility index (Phi) is 2.34. The zero-order valence-electron chi connectivity index (χ0n) is 11.7. The second-order valence-corrected chi connectivity index (χ2v) is 7.38. The first-order valence-corrected chi connectivity index (χ1v) is 7.48. The van der Waals surface area contributed by atoms with Gasteiger partial charge in [-0.1, -0.05) is 0 Å². The molecule has 4 bridgehead atoms. The monoisotopic (exact) mass is 276 g/mol. The SMILES string of the molecule is Cc1nnn(C23CC4CC(CC(CC(=O)O)(C4)C2)C3)n1. The summed E-state index contributed by atoms with van der Waals surface area (Å²) < 4.78 is 0. The van der Waals surface area contributed by atoms with Crippen LogP contribution in [0.2, 0.25) is 0 Å². The lowest BCUT2D eigenvalue weighted by Crippen LogP contribution is -2.57. The Morgan fingerprint density at radius 1 is 1.35 bits per heavy atom. The third-order valence-corrected chi connectivity index (χ3v) is 5.62. The van der Waals surface area contributed by atoms with E-state index in [0.717, 1.165) is 32.1 Å². The van der Waals surface area contributed by atoms with Gasteiger partial charge in [0.2, 0.25) is 0 Å². The van der Waals surface area contributed by atoms with Gasteiger partial charge in [-0.2, -0.15) is 4.80 Å². The second-order valence-electron chi connectivity index (χ2n) is 7.38. The Balaban J connectivity index is 1.73. The predicted octanol–water partition coefficient (Wildman–Crippen LogP) is 1.75. The van der Waals surface area contributed by atoms with Crippen molar-refractivity contribution in [3.8, 4) is 0 Å². The summed E-state index contributed by atoms with van der Waals surface area (Å²) in [5, 5.41) is 22.0. The van der Waals surface area contributed by atoms with Crippen LogP contribution in [0.5, 0.6) is 0 Å². The van der Waals surface area contributed by atoms with Crippen molar-refractivity contribution in [3.63, 3.8) is 0 Å². The molecule has 6 heteroatoms. The largest absolute Gasteiger partial charge is 0.481 e. The zero-order valence-corrected chi connectivity index (χ0v) is 11.7. The summed E-state index contributed by atoms with van der Waals surface area (Å²) in [6.07, 6.45) is 6.82. The fourth-order valence-corrected chi connectivity index (χ4v) is 5.65. The first kappa shape index (κ1) is 12.3. The number of aromatic nitrogens is 4. The molecule has 108 valence electrons. The van der Waals surface area contributed by atoms with Gasteiger partial charge >= 0.3 is 5.97 Å². The first-order valence-electron chi connectivity index (χ1n) is 7.48. The fraction of sp³-hybridized carbons (Fsp3) is 0.857. The van der Waals surface area contributed by atoms with Gasteiger partial charge in [-0.25, -0.2) is 0 Å². The Hall–Kier alpha value is -1.46. The van der Waals surface area contributed by atoms with E-state index in [2.05, 4.69) is 15.4 Å². The van der Waals surface area contributed by atoms with Crippen LogP contribution < -0.4 is 0 Å². The van der Waals surface area contributed by atoms with Crippen LogP contribution in [0.25, 0.3) is 0 Å². The van der Waals surface area contributed by atoms with E-state index >= 15 is 0 Å². The normalized spacial score (nSPS) is 42.0. The third kappa shape index (κ3) is 1.70. The van der Waals surface area contributed by atoms with E-state index in [9.17, 15) is 9.90 Å². The van der Waals surface area contributed by atoms with E-state index in [1.54, 1.807) is 0 Å². The number of aliphatic carboxylic acids is 1. The number of carboxylic acid groups (broad SMARTS) is 1.